The lowest BCUT2D eigenvalue weighted by Gasteiger charge is -2.09. The number of rotatable bonds is 4. The van der Waals surface area contributed by atoms with E-state index in [1.54, 1.807) is 18.3 Å². The zero-order valence-corrected chi connectivity index (χ0v) is 11.8. The minimum atomic E-state index is -0.994. The highest BCUT2D eigenvalue weighted by molar-refractivity contribution is 9.10. The first-order valence-electron chi connectivity index (χ1n) is 5.64. The average molecular weight is 322 g/mol. The van der Waals surface area contributed by atoms with Gasteiger partial charge in [-0.2, -0.15) is 0 Å². The molecular weight excluding hydrogens is 310 g/mol. The molecule has 2 rings (SSSR count). The van der Waals surface area contributed by atoms with Crippen molar-refractivity contribution in [2.45, 2.75) is 13.5 Å². The Morgan fingerprint density at radius 2 is 2.21 bits per heavy atom. The third kappa shape index (κ3) is 3.32. The second-order valence-corrected chi connectivity index (χ2v) is 4.86. The number of hydrogen-bond acceptors (Lipinski definition) is 3. The number of ether oxygens (including phenoxy) is 1. The van der Waals surface area contributed by atoms with Gasteiger partial charge < -0.3 is 9.84 Å². The van der Waals surface area contributed by atoms with Crippen molar-refractivity contribution in [3.8, 4) is 5.75 Å². The smallest absolute Gasteiger partial charge is 0.336 e. The van der Waals surface area contributed by atoms with Crippen molar-refractivity contribution in [1.82, 2.24) is 4.98 Å². The molecule has 1 aromatic heterocycles. The molecule has 19 heavy (non-hydrogen) atoms. The van der Waals surface area contributed by atoms with Crippen LogP contribution in [0, 0.1) is 6.92 Å². The Balaban J connectivity index is 2.14. The number of nitrogens with zero attached hydrogens (tertiary/aromatic N) is 1. The molecule has 0 saturated carbocycles. The highest BCUT2D eigenvalue weighted by Gasteiger charge is 2.10. The Bertz CT molecular complexity index is 613. The summed E-state index contributed by atoms with van der Waals surface area (Å²) in [5.74, 6) is -0.489. The monoisotopic (exact) mass is 321 g/mol. The number of aryl methyl sites for hydroxylation is 1. The molecule has 0 aliphatic heterocycles. The van der Waals surface area contributed by atoms with Gasteiger partial charge in [0.25, 0.3) is 0 Å². The van der Waals surface area contributed by atoms with E-state index in [1.807, 2.05) is 19.1 Å². The van der Waals surface area contributed by atoms with Crippen molar-refractivity contribution in [1.29, 1.82) is 0 Å². The summed E-state index contributed by atoms with van der Waals surface area (Å²) in [7, 11) is 0. The predicted octanol–water partition coefficient (Wildman–Crippen LogP) is 3.43. The summed E-state index contributed by atoms with van der Waals surface area (Å²) < 4.78 is 6.10. The Labute approximate surface area is 119 Å². The maximum atomic E-state index is 11.0. The molecule has 1 heterocycles. The summed E-state index contributed by atoms with van der Waals surface area (Å²) in [6.45, 7) is 2.27. The molecule has 0 spiro atoms. The largest absolute Gasteiger partial charge is 0.487 e. The summed E-state index contributed by atoms with van der Waals surface area (Å²) in [4.78, 5) is 15.2. The first kappa shape index (κ1) is 13.5. The van der Waals surface area contributed by atoms with E-state index in [-0.39, 0.29) is 5.56 Å². The van der Waals surface area contributed by atoms with Crippen LogP contribution in [-0.2, 0) is 6.61 Å². The Hall–Kier alpha value is -1.88. The topological polar surface area (TPSA) is 59.4 Å². The first-order valence-corrected chi connectivity index (χ1v) is 6.43. The van der Waals surface area contributed by atoms with Crippen LogP contribution in [0.5, 0.6) is 5.75 Å². The lowest BCUT2D eigenvalue weighted by atomic mass is 10.2. The molecule has 5 heteroatoms. The second kappa shape index (κ2) is 5.84. The summed E-state index contributed by atoms with van der Waals surface area (Å²) in [5, 5.41) is 9.02. The zero-order valence-electron chi connectivity index (χ0n) is 10.3. The van der Waals surface area contributed by atoms with Crippen LogP contribution in [0.15, 0.2) is 41.0 Å². The second-order valence-electron chi connectivity index (χ2n) is 4.00. The molecule has 0 bridgehead atoms. The molecule has 0 aliphatic carbocycles. The van der Waals surface area contributed by atoms with Gasteiger partial charge in [0, 0.05) is 10.7 Å². The highest BCUT2D eigenvalue weighted by atomic mass is 79.9. The molecule has 1 aromatic carbocycles. The fourth-order valence-electron chi connectivity index (χ4n) is 1.58. The number of carbonyl (C=O) groups is 1. The quantitative estimate of drug-likeness (QED) is 0.937. The summed E-state index contributed by atoms with van der Waals surface area (Å²) in [6.07, 6.45) is 1.70. The Morgan fingerprint density at radius 1 is 1.42 bits per heavy atom. The van der Waals surface area contributed by atoms with Gasteiger partial charge in [0.05, 0.1) is 11.3 Å². The van der Waals surface area contributed by atoms with Crippen molar-refractivity contribution in [2.24, 2.45) is 0 Å². The molecule has 0 atom stereocenters. The molecule has 2 aromatic rings. The maximum absolute atomic E-state index is 11.0. The minimum Gasteiger partial charge on any atom is -0.487 e. The molecule has 0 fully saturated rings. The van der Waals surface area contributed by atoms with Crippen molar-refractivity contribution >= 4 is 21.9 Å². The van der Waals surface area contributed by atoms with Gasteiger partial charge in [0.15, 0.2) is 0 Å². The van der Waals surface area contributed by atoms with E-state index in [0.29, 0.717) is 16.8 Å². The van der Waals surface area contributed by atoms with E-state index in [2.05, 4.69) is 20.9 Å². The summed E-state index contributed by atoms with van der Waals surface area (Å²) in [5.41, 5.74) is 2.05. The summed E-state index contributed by atoms with van der Waals surface area (Å²) >= 11 is 3.19. The first-order chi connectivity index (χ1) is 9.08. The Morgan fingerprint density at radius 3 is 2.89 bits per heavy atom. The van der Waals surface area contributed by atoms with E-state index in [9.17, 15) is 4.79 Å². The molecule has 0 unspecified atom stereocenters. The van der Waals surface area contributed by atoms with Gasteiger partial charge in [-0.1, -0.05) is 6.07 Å². The van der Waals surface area contributed by atoms with Gasteiger partial charge in [0.2, 0.25) is 0 Å². The third-order valence-corrected chi connectivity index (χ3v) is 3.35. The SMILES string of the molecule is Cc1cccnc1COc1ccc(Br)c(C(=O)O)c1. The van der Waals surface area contributed by atoms with Gasteiger partial charge in [-0.25, -0.2) is 4.79 Å². The zero-order chi connectivity index (χ0) is 13.8. The van der Waals surface area contributed by atoms with Crippen molar-refractivity contribution in [3.05, 3.63) is 57.8 Å². The fourth-order valence-corrected chi connectivity index (χ4v) is 2.00. The average Bonchev–Trinajstić information content (AvgIpc) is 2.39. The number of carboxylic acids is 1. The number of benzene rings is 1. The van der Waals surface area contributed by atoms with Crippen LogP contribution >= 0.6 is 15.9 Å². The molecule has 4 nitrogen and oxygen atoms in total. The van der Waals surface area contributed by atoms with Gasteiger partial charge in [0.1, 0.15) is 12.4 Å². The normalized spacial score (nSPS) is 10.2. The molecule has 1 N–H and O–H groups in total. The number of aromatic carboxylic acids is 1. The van der Waals surface area contributed by atoms with Crippen molar-refractivity contribution in [3.63, 3.8) is 0 Å². The minimum absolute atomic E-state index is 0.176. The molecular formula is C14H12BrNO3. The number of pyridine rings is 1. The standard InChI is InChI=1S/C14H12BrNO3/c1-9-3-2-6-16-13(9)8-19-10-4-5-12(15)11(7-10)14(17)18/h2-7H,8H2,1H3,(H,17,18). The molecule has 0 amide bonds. The maximum Gasteiger partial charge on any atom is 0.336 e. The van der Waals surface area contributed by atoms with Crippen LogP contribution in [-0.4, -0.2) is 16.1 Å². The van der Waals surface area contributed by atoms with Crippen LogP contribution in [0.1, 0.15) is 21.6 Å². The van der Waals surface area contributed by atoms with E-state index >= 15 is 0 Å². The number of hydrogen-bond donors (Lipinski definition) is 1. The van der Waals surface area contributed by atoms with E-state index in [0.717, 1.165) is 11.3 Å². The van der Waals surface area contributed by atoms with Crippen LogP contribution in [0.25, 0.3) is 0 Å². The number of carboxylic acid groups (broad SMARTS) is 1. The van der Waals surface area contributed by atoms with E-state index in [1.165, 1.54) is 6.07 Å². The van der Waals surface area contributed by atoms with Crippen molar-refractivity contribution < 1.29 is 14.6 Å². The fraction of sp³-hybridized carbons (Fsp3) is 0.143. The van der Waals surface area contributed by atoms with Crippen LogP contribution in [0.4, 0.5) is 0 Å². The van der Waals surface area contributed by atoms with Gasteiger partial charge in [-0.15, -0.1) is 0 Å². The predicted molar refractivity (Wildman–Crippen MR) is 74.4 cm³/mol. The van der Waals surface area contributed by atoms with E-state index in [4.69, 9.17) is 9.84 Å². The lowest BCUT2D eigenvalue weighted by Crippen LogP contribution is -2.02. The third-order valence-electron chi connectivity index (χ3n) is 2.66. The van der Waals surface area contributed by atoms with Crippen LogP contribution in [0.3, 0.4) is 0 Å². The van der Waals surface area contributed by atoms with Gasteiger partial charge in [-0.05, 0) is 52.7 Å². The van der Waals surface area contributed by atoms with Gasteiger partial charge >= 0.3 is 5.97 Å². The number of aromatic nitrogens is 1. The van der Waals surface area contributed by atoms with Crippen LogP contribution in [0.2, 0.25) is 0 Å². The molecule has 0 aliphatic rings. The number of halogens is 1. The van der Waals surface area contributed by atoms with Crippen molar-refractivity contribution in [2.75, 3.05) is 0 Å². The van der Waals surface area contributed by atoms with E-state index < -0.39 is 5.97 Å². The van der Waals surface area contributed by atoms with Gasteiger partial charge in [-0.3, -0.25) is 4.98 Å². The highest BCUT2D eigenvalue weighted by Crippen LogP contribution is 2.23. The molecule has 0 radical (unpaired) electrons. The lowest BCUT2D eigenvalue weighted by molar-refractivity contribution is 0.0695. The summed E-state index contributed by atoms with van der Waals surface area (Å²) in [6, 6.07) is 8.68. The van der Waals surface area contributed by atoms with Crippen LogP contribution < -0.4 is 4.74 Å². The molecule has 98 valence electrons. The Kier molecular flexibility index (Phi) is 4.16. The molecule has 0 saturated heterocycles.